The van der Waals surface area contributed by atoms with Crippen molar-refractivity contribution in [3.05, 3.63) is 27.1 Å². The highest BCUT2D eigenvalue weighted by atomic mass is 79.9. The summed E-state index contributed by atoms with van der Waals surface area (Å²) in [6, 6.07) is 3.61. The van der Waals surface area contributed by atoms with E-state index in [-0.39, 0.29) is 27.3 Å². The summed E-state index contributed by atoms with van der Waals surface area (Å²) in [5.74, 6) is -1.86. The highest BCUT2D eigenvalue weighted by molar-refractivity contribution is 9.11. The molecular weight excluding hydrogens is 478 g/mol. The molecule has 0 bridgehead atoms. The molecule has 0 aromatic heterocycles. The Labute approximate surface area is 150 Å². The molecule has 0 unspecified atom stereocenters. The first kappa shape index (κ1) is 18.8. The lowest BCUT2D eigenvalue weighted by atomic mass is 10.2. The van der Waals surface area contributed by atoms with Gasteiger partial charge in [-0.3, -0.25) is 4.79 Å². The second kappa shape index (κ2) is 6.79. The summed E-state index contributed by atoms with van der Waals surface area (Å²) in [5, 5.41) is 9.03. The number of aliphatic carboxylic acids is 1. The zero-order valence-corrected chi connectivity index (χ0v) is 16.5. The van der Waals surface area contributed by atoms with Gasteiger partial charge in [0.25, 0.3) is 0 Å². The van der Waals surface area contributed by atoms with Crippen LogP contribution in [0.2, 0.25) is 0 Å². The Hall–Kier alpha value is -0.490. The van der Waals surface area contributed by atoms with Crippen LogP contribution in [0, 0.1) is 0 Å². The normalized spacial score (nSPS) is 20.7. The summed E-state index contributed by atoms with van der Waals surface area (Å²) in [6.07, 6.45) is 0.0838. The van der Waals surface area contributed by atoms with Crippen LogP contribution >= 0.6 is 31.9 Å². The van der Waals surface area contributed by atoms with E-state index in [1.54, 1.807) is 6.07 Å². The third-order valence-corrected chi connectivity index (χ3v) is 8.52. The molecule has 0 spiro atoms. The van der Waals surface area contributed by atoms with Gasteiger partial charge in [-0.05, 0) is 40.5 Å². The van der Waals surface area contributed by atoms with Gasteiger partial charge in [0.05, 0.1) is 16.4 Å². The Morgan fingerprint density at radius 3 is 2.52 bits per heavy atom. The van der Waals surface area contributed by atoms with Gasteiger partial charge >= 0.3 is 5.97 Å². The van der Waals surface area contributed by atoms with Crippen molar-refractivity contribution in [1.82, 2.24) is 4.31 Å². The minimum Gasteiger partial charge on any atom is -0.480 e. The maximum absolute atomic E-state index is 12.9. The van der Waals surface area contributed by atoms with Crippen molar-refractivity contribution in [3.8, 4) is 0 Å². The molecule has 1 fully saturated rings. The van der Waals surface area contributed by atoms with Crippen LogP contribution in [0.3, 0.4) is 0 Å². The van der Waals surface area contributed by atoms with Crippen molar-refractivity contribution in [2.75, 3.05) is 18.1 Å². The first-order valence-electron chi connectivity index (χ1n) is 6.42. The molecule has 1 aliphatic heterocycles. The zero-order valence-electron chi connectivity index (χ0n) is 11.6. The van der Waals surface area contributed by atoms with E-state index >= 15 is 0 Å². The predicted octanol–water partition coefficient (Wildman–Crippen LogP) is 1.47. The molecule has 2 rings (SSSR count). The van der Waals surface area contributed by atoms with Crippen molar-refractivity contribution < 1.29 is 26.7 Å². The van der Waals surface area contributed by atoms with Gasteiger partial charge < -0.3 is 5.11 Å². The van der Waals surface area contributed by atoms with Crippen molar-refractivity contribution in [1.29, 1.82) is 0 Å². The van der Waals surface area contributed by atoms with E-state index in [0.717, 1.165) is 4.31 Å². The largest absolute Gasteiger partial charge is 0.480 e. The molecule has 1 aliphatic rings. The predicted molar refractivity (Wildman–Crippen MR) is 90.4 cm³/mol. The Morgan fingerprint density at radius 2 is 2.00 bits per heavy atom. The third-order valence-electron chi connectivity index (χ3n) is 3.39. The summed E-state index contributed by atoms with van der Waals surface area (Å²) in [4.78, 5) is 11.0. The Kier molecular flexibility index (Phi) is 5.56. The van der Waals surface area contributed by atoms with Crippen LogP contribution in [0.25, 0.3) is 0 Å². The van der Waals surface area contributed by atoms with Crippen LogP contribution < -0.4 is 0 Å². The quantitative estimate of drug-likeness (QED) is 0.669. The molecular formula is C12H13Br2NO6S2. The van der Waals surface area contributed by atoms with E-state index in [1.165, 1.54) is 12.1 Å². The standard InChI is InChI=1S/C12H13Br2NO6S2/c13-8-1-2-10(14)11(5-8)23(20,21)15(6-12(16)17)9-3-4-22(18,19)7-9/h1-2,5,9H,3-4,6-7H2,(H,16,17)/t9-/m1/s1. The molecule has 23 heavy (non-hydrogen) atoms. The average molecular weight is 491 g/mol. The molecule has 0 amide bonds. The number of hydrogen-bond donors (Lipinski definition) is 1. The van der Waals surface area contributed by atoms with E-state index in [1.807, 2.05) is 0 Å². The van der Waals surface area contributed by atoms with Crippen LogP contribution in [-0.4, -0.2) is 56.3 Å². The molecule has 0 saturated carbocycles. The van der Waals surface area contributed by atoms with E-state index in [0.29, 0.717) is 4.47 Å². The van der Waals surface area contributed by atoms with Gasteiger partial charge in [0.15, 0.2) is 9.84 Å². The molecule has 0 radical (unpaired) electrons. The summed E-state index contributed by atoms with van der Waals surface area (Å²) in [5.41, 5.74) is 0. The monoisotopic (exact) mass is 489 g/mol. The van der Waals surface area contributed by atoms with Gasteiger partial charge in [0.1, 0.15) is 6.54 Å². The number of carbonyl (C=O) groups is 1. The second-order valence-electron chi connectivity index (χ2n) is 5.08. The number of sulfonamides is 1. The van der Waals surface area contributed by atoms with Crippen molar-refractivity contribution >= 4 is 57.7 Å². The van der Waals surface area contributed by atoms with Crippen LogP contribution in [0.1, 0.15) is 6.42 Å². The van der Waals surface area contributed by atoms with Crippen molar-refractivity contribution in [2.24, 2.45) is 0 Å². The van der Waals surface area contributed by atoms with Gasteiger partial charge in [0, 0.05) is 15.0 Å². The molecule has 1 atom stereocenters. The molecule has 1 N–H and O–H groups in total. The van der Waals surface area contributed by atoms with E-state index in [4.69, 9.17) is 5.11 Å². The highest BCUT2D eigenvalue weighted by Gasteiger charge is 2.40. The third kappa shape index (κ3) is 4.32. The van der Waals surface area contributed by atoms with Gasteiger partial charge in [-0.2, -0.15) is 4.31 Å². The minimum atomic E-state index is -4.17. The summed E-state index contributed by atoms with van der Waals surface area (Å²) in [7, 11) is -7.53. The zero-order chi connectivity index (χ0) is 17.4. The first-order chi connectivity index (χ1) is 10.5. The fourth-order valence-corrected chi connectivity index (χ4v) is 7.24. The number of benzene rings is 1. The van der Waals surface area contributed by atoms with Gasteiger partial charge in [-0.1, -0.05) is 15.9 Å². The lowest BCUT2D eigenvalue weighted by molar-refractivity contribution is -0.137. The molecule has 1 heterocycles. The van der Waals surface area contributed by atoms with Crippen molar-refractivity contribution in [2.45, 2.75) is 17.4 Å². The van der Waals surface area contributed by atoms with E-state index in [2.05, 4.69) is 31.9 Å². The summed E-state index contributed by atoms with van der Waals surface area (Å²) >= 11 is 6.31. The summed E-state index contributed by atoms with van der Waals surface area (Å²) < 4.78 is 50.5. The first-order valence-corrected chi connectivity index (χ1v) is 11.3. The average Bonchev–Trinajstić information content (AvgIpc) is 2.78. The van der Waals surface area contributed by atoms with Gasteiger partial charge in [0.2, 0.25) is 10.0 Å². The lowest BCUT2D eigenvalue weighted by Gasteiger charge is -2.26. The number of halogens is 2. The molecule has 7 nitrogen and oxygen atoms in total. The van der Waals surface area contributed by atoms with Crippen LogP contribution in [0.4, 0.5) is 0 Å². The minimum absolute atomic E-state index is 0.0838. The number of carboxylic acid groups (broad SMARTS) is 1. The smallest absolute Gasteiger partial charge is 0.318 e. The van der Waals surface area contributed by atoms with E-state index < -0.39 is 38.4 Å². The molecule has 1 saturated heterocycles. The number of hydrogen-bond acceptors (Lipinski definition) is 5. The molecule has 11 heteroatoms. The van der Waals surface area contributed by atoms with E-state index in [9.17, 15) is 21.6 Å². The maximum atomic E-state index is 12.9. The number of carboxylic acids is 1. The lowest BCUT2D eigenvalue weighted by Crippen LogP contribution is -2.44. The van der Waals surface area contributed by atoms with Gasteiger partial charge in [-0.25, -0.2) is 16.8 Å². The molecule has 0 aliphatic carbocycles. The molecule has 128 valence electrons. The molecule has 1 aromatic carbocycles. The fraction of sp³-hybridized carbons (Fsp3) is 0.417. The SMILES string of the molecule is O=C(O)CN([C@@H]1CCS(=O)(=O)C1)S(=O)(=O)c1cc(Br)ccc1Br. The van der Waals surface area contributed by atoms with Crippen molar-refractivity contribution in [3.63, 3.8) is 0 Å². The van der Waals surface area contributed by atoms with Crippen LogP contribution in [-0.2, 0) is 24.7 Å². The Morgan fingerprint density at radius 1 is 1.35 bits per heavy atom. The van der Waals surface area contributed by atoms with Gasteiger partial charge in [-0.15, -0.1) is 0 Å². The summed E-state index contributed by atoms with van der Waals surface area (Å²) in [6.45, 7) is -0.790. The maximum Gasteiger partial charge on any atom is 0.318 e. The topological polar surface area (TPSA) is 109 Å². The van der Waals surface area contributed by atoms with Crippen LogP contribution in [0.15, 0.2) is 32.0 Å². The highest BCUT2D eigenvalue weighted by Crippen LogP contribution is 2.31. The Bertz CT molecular complexity index is 837. The van der Waals surface area contributed by atoms with Crippen LogP contribution in [0.5, 0.6) is 0 Å². The Balaban J connectivity index is 2.49. The number of rotatable bonds is 5. The number of nitrogens with zero attached hydrogens (tertiary/aromatic N) is 1. The molecule has 1 aromatic rings. The number of sulfone groups is 1. The fourth-order valence-electron chi connectivity index (χ4n) is 2.35. The second-order valence-corrected chi connectivity index (χ2v) is 10.9.